The molecule has 0 bridgehead atoms. The number of hydrogen-bond donors (Lipinski definition) is 1. The molecule has 0 unspecified atom stereocenters. The SMILES string of the molecule is C1=CC2=CCNc3cccc(c32)O1. The van der Waals surface area contributed by atoms with Crippen LogP contribution >= 0.6 is 0 Å². The molecule has 0 radical (unpaired) electrons. The van der Waals surface area contributed by atoms with Gasteiger partial charge in [-0.1, -0.05) is 12.1 Å². The second-order valence-corrected chi connectivity index (χ2v) is 3.14. The molecule has 0 aromatic heterocycles. The Hall–Kier alpha value is -1.70. The summed E-state index contributed by atoms with van der Waals surface area (Å²) in [5.41, 5.74) is 3.62. The van der Waals surface area contributed by atoms with Crippen LogP contribution in [0.5, 0.6) is 5.75 Å². The molecule has 0 spiro atoms. The molecule has 13 heavy (non-hydrogen) atoms. The zero-order valence-corrected chi connectivity index (χ0v) is 7.08. The molecule has 0 saturated carbocycles. The van der Waals surface area contributed by atoms with Crippen molar-refractivity contribution < 1.29 is 4.74 Å². The lowest BCUT2D eigenvalue weighted by Gasteiger charge is -2.22. The van der Waals surface area contributed by atoms with Crippen LogP contribution in [-0.4, -0.2) is 6.54 Å². The lowest BCUT2D eigenvalue weighted by Crippen LogP contribution is -2.10. The fourth-order valence-corrected chi connectivity index (χ4v) is 1.78. The third-order valence-corrected chi connectivity index (χ3v) is 2.37. The van der Waals surface area contributed by atoms with Crippen molar-refractivity contribution in [2.45, 2.75) is 0 Å². The topological polar surface area (TPSA) is 21.3 Å². The highest BCUT2D eigenvalue weighted by atomic mass is 16.5. The van der Waals surface area contributed by atoms with Gasteiger partial charge in [-0.2, -0.15) is 0 Å². The van der Waals surface area contributed by atoms with Crippen LogP contribution in [-0.2, 0) is 0 Å². The first-order valence-corrected chi connectivity index (χ1v) is 4.36. The van der Waals surface area contributed by atoms with Crippen molar-refractivity contribution in [3.05, 3.63) is 42.2 Å². The van der Waals surface area contributed by atoms with Gasteiger partial charge in [-0.05, 0) is 23.8 Å². The maximum Gasteiger partial charge on any atom is 0.136 e. The van der Waals surface area contributed by atoms with Crippen molar-refractivity contribution in [2.24, 2.45) is 0 Å². The molecule has 0 saturated heterocycles. The van der Waals surface area contributed by atoms with E-state index in [1.807, 2.05) is 18.2 Å². The summed E-state index contributed by atoms with van der Waals surface area (Å²) in [7, 11) is 0. The first-order chi connectivity index (χ1) is 6.45. The third kappa shape index (κ3) is 0.886. The maximum atomic E-state index is 5.41. The summed E-state index contributed by atoms with van der Waals surface area (Å²) in [6.07, 6.45) is 5.92. The van der Waals surface area contributed by atoms with E-state index in [0.717, 1.165) is 12.3 Å². The van der Waals surface area contributed by atoms with Crippen LogP contribution in [0.3, 0.4) is 0 Å². The molecule has 2 heterocycles. The molecule has 0 atom stereocenters. The Labute approximate surface area is 76.5 Å². The molecular formula is C11H9NO. The number of rotatable bonds is 0. The quantitative estimate of drug-likeness (QED) is 0.647. The van der Waals surface area contributed by atoms with Crippen molar-refractivity contribution in [1.82, 2.24) is 0 Å². The third-order valence-electron chi connectivity index (χ3n) is 2.37. The minimum Gasteiger partial charge on any atom is -0.464 e. The van der Waals surface area contributed by atoms with Gasteiger partial charge in [0.15, 0.2) is 0 Å². The molecule has 0 aliphatic carbocycles. The summed E-state index contributed by atoms with van der Waals surface area (Å²) in [6.45, 7) is 0.899. The van der Waals surface area contributed by atoms with E-state index in [1.165, 1.54) is 16.8 Å². The molecule has 2 heteroatoms. The fraction of sp³-hybridized carbons (Fsp3) is 0.0909. The summed E-state index contributed by atoms with van der Waals surface area (Å²) < 4.78 is 5.41. The first-order valence-electron chi connectivity index (χ1n) is 4.36. The van der Waals surface area contributed by atoms with E-state index < -0.39 is 0 Å². The maximum absolute atomic E-state index is 5.41. The van der Waals surface area contributed by atoms with Crippen molar-refractivity contribution in [2.75, 3.05) is 11.9 Å². The zero-order chi connectivity index (χ0) is 8.67. The Morgan fingerprint density at radius 1 is 1.31 bits per heavy atom. The lowest BCUT2D eigenvalue weighted by atomic mass is 9.98. The van der Waals surface area contributed by atoms with E-state index in [-0.39, 0.29) is 0 Å². The van der Waals surface area contributed by atoms with E-state index >= 15 is 0 Å². The van der Waals surface area contributed by atoms with Gasteiger partial charge in [0.1, 0.15) is 5.75 Å². The normalized spacial score (nSPS) is 16.8. The Morgan fingerprint density at radius 3 is 3.31 bits per heavy atom. The average Bonchev–Trinajstić information content (AvgIpc) is 2.19. The largest absolute Gasteiger partial charge is 0.464 e. The van der Waals surface area contributed by atoms with Gasteiger partial charge in [-0.3, -0.25) is 0 Å². The summed E-state index contributed by atoms with van der Waals surface area (Å²) in [4.78, 5) is 0. The van der Waals surface area contributed by atoms with Crippen LogP contribution in [0.2, 0.25) is 0 Å². The number of hydrogen-bond acceptors (Lipinski definition) is 2. The van der Waals surface area contributed by atoms with Gasteiger partial charge < -0.3 is 10.1 Å². The highest BCUT2D eigenvalue weighted by molar-refractivity contribution is 5.88. The van der Waals surface area contributed by atoms with E-state index in [4.69, 9.17) is 4.74 Å². The number of benzene rings is 1. The van der Waals surface area contributed by atoms with E-state index in [1.54, 1.807) is 6.26 Å². The lowest BCUT2D eigenvalue weighted by molar-refractivity contribution is 0.476. The molecule has 2 aliphatic rings. The minimum atomic E-state index is 0.899. The van der Waals surface area contributed by atoms with Crippen molar-refractivity contribution in [3.63, 3.8) is 0 Å². The number of ether oxygens (including phenoxy) is 1. The van der Waals surface area contributed by atoms with Crippen molar-refractivity contribution in [3.8, 4) is 5.75 Å². The molecule has 1 N–H and O–H groups in total. The van der Waals surface area contributed by atoms with Crippen molar-refractivity contribution in [1.29, 1.82) is 0 Å². The van der Waals surface area contributed by atoms with E-state index in [0.29, 0.717) is 0 Å². The molecule has 64 valence electrons. The molecule has 1 aromatic carbocycles. The Bertz CT molecular complexity index is 418. The molecule has 1 aromatic rings. The first kappa shape index (κ1) is 6.78. The monoisotopic (exact) mass is 171 g/mol. The van der Waals surface area contributed by atoms with E-state index in [9.17, 15) is 0 Å². The fourth-order valence-electron chi connectivity index (χ4n) is 1.78. The van der Waals surface area contributed by atoms with Gasteiger partial charge in [0, 0.05) is 17.8 Å². The predicted molar refractivity (Wildman–Crippen MR) is 52.7 cm³/mol. The molecule has 0 fully saturated rings. The summed E-state index contributed by atoms with van der Waals surface area (Å²) in [5.74, 6) is 0.943. The Balaban J connectivity index is 2.32. The Kier molecular flexibility index (Phi) is 1.25. The number of anilines is 1. The van der Waals surface area contributed by atoms with E-state index in [2.05, 4.69) is 17.5 Å². The standard InChI is InChI=1S/C11H9NO/c1-2-9-11-8(4-6-12-9)5-7-13-10(11)3-1/h1-5,7,12H,6H2. The predicted octanol–water partition coefficient (Wildman–Crippen LogP) is 2.40. The van der Waals surface area contributed by atoms with Gasteiger partial charge in [-0.25, -0.2) is 0 Å². The van der Waals surface area contributed by atoms with Gasteiger partial charge in [0.25, 0.3) is 0 Å². The summed E-state index contributed by atoms with van der Waals surface area (Å²) in [6, 6.07) is 6.07. The van der Waals surface area contributed by atoms with Gasteiger partial charge >= 0.3 is 0 Å². The van der Waals surface area contributed by atoms with Gasteiger partial charge in [-0.15, -0.1) is 0 Å². The van der Waals surface area contributed by atoms with Crippen LogP contribution in [0.1, 0.15) is 5.56 Å². The van der Waals surface area contributed by atoms with Gasteiger partial charge in [0.05, 0.1) is 6.26 Å². The second kappa shape index (κ2) is 2.39. The van der Waals surface area contributed by atoms with Crippen molar-refractivity contribution >= 4 is 11.3 Å². The number of nitrogens with one attached hydrogen (secondary N) is 1. The molecular weight excluding hydrogens is 162 g/mol. The van der Waals surface area contributed by atoms with Crippen LogP contribution in [0.15, 0.2) is 36.6 Å². The minimum absolute atomic E-state index is 0.899. The smallest absolute Gasteiger partial charge is 0.136 e. The molecule has 2 aliphatic heterocycles. The highest BCUT2D eigenvalue weighted by Gasteiger charge is 2.17. The highest BCUT2D eigenvalue weighted by Crippen LogP contribution is 2.38. The van der Waals surface area contributed by atoms with Gasteiger partial charge in [0.2, 0.25) is 0 Å². The molecule has 2 nitrogen and oxygen atoms in total. The molecule has 3 rings (SSSR count). The van der Waals surface area contributed by atoms with Crippen LogP contribution < -0.4 is 10.1 Å². The van der Waals surface area contributed by atoms with Crippen LogP contribution in [0.4, 0.5) is 5.69 Å². The average molecular weight is 171 g/mol. The summed E-state index contributed by atoms with van der Waals surface area (Å²) in [5, 5.41) is 3.31. The second-order valence-electron chi connectivity index (χ2n) is 3.14. The molecule has 0 amide bonds. The number of allylic oxidation sites excluding steroid dienone is 2. The Morgan fingerprint density at radius 2 is 2.31 bits per heavy atom. The van der Waals surface area contributed by atoms with Crippen LogP contribution in [0.25, 0.3) is 5.57 Å². The zero-order valence-electron chi connectivity index (χ0n) is 7.08. The summed E-state index contributed by atoms with van der Waals surface area (Å²) >= 11 is 0. The van der Waals surface area contributed by atoms with Crippen LogP contribution in [0, 0.1) is 0 Å².